The Morgan fingerprint density at radius 2 is 2.00 bits per heavy atom. The molecule has 1 aromatic rings. The van der Waals surface area contributed by atoms with E-state index >= 15 is 0 Å². The van der Waals surface area contributed by atoms with Crippen LogP contribution in [-0.4, -0.2) is 18.2 Å². The number of hydrogen-bond donors (Lipinski definition) is 2. The van der Waals surface area contributed by atoms with Gasteiger partial charge in [0.15, 0.2) is 0 Å². The molecule has 19 heavy (non-hydrogen) atoms. The highest BCUT2D eigenvalue weighted by molar-refractivity contribution is 7.98. The SMILES string of the molecule is CCCC[C@H](N)C(=O)NC(C)c1ccc(SC)cc1. The second-order valence-electron chi connectivity index (χ2n) is 4.75. The van der Waals surface area contributed by atoms with Crippen LogP contribution in [0.4, 0.5) is 0 Å². The summed E-state index contributed by atoms with van der Waals surface area (Å²) < 4.78 is 0. The molecule has 1 rings (SSSR count). The van der Waals surface area contributed by atoms with Crippen LogP contribution >= 0.6 is 11.8 Å². The zero-order valence-electron chi connectivity index (χ0n) is 12.0. The molecule has 0 saturated carbocycles. The molecule has 0 bridgehead atoms. The third kappa shape index (κ3) is 5.25. The monoisotopic (exact) mass is 280 g/mol. The molecule has 1 unspecified atom stereocenters. The van der Waals surface area contributed by atoms with E-state index in [2.05, 4.69) is 24.4 Å². The van der Waals surface area contributed by atoms with E-state index in [1.54, 1.807) is 11.8 Å². The molecule has 0 fully saturated rings. The average molecular weight is 280 g/mol. The predicted molar refractivity (Wildman–Crippen MR) is 82.3 cm³/mol. The van der Waals surface area contributed by atoms with E-state index in [4.69, 9.17) is 5.73 Å². The summed E-state index contributed by atoms with van der Waals surface area (Å²) in [6.07, 6.45) is 4.85. The number of rotatable bonds is 7. The topological polar surface area (TPSA) is 55.1 Å². The second-order valence-corrected chi connectivity index (χ2v) is 5.63. The van der Waals surface area contributed by atoms with Crippen LogP contribution in [0.2, 0.25) is 0 Å². The lowest BCUT2D eigenvalue weighted by atomic mass is 10.1. The summed E-state index contributed by atoms with van der Waals surface area (Å²) in [6.45, 7) is 4.08. The van der Waals surface area contributed by atoms with Crippen molar-refractivity contribution >= 4 is 17.7 Å². The Morgan fingerprint density at radius 3 is 2.53 bits per heavy atom. The molecule has 3 N–H and O–H groups in total. The summed E-state index contributed by atoms with van der Waals surface area (Å²) in [4.78, 5) is 13.1. The summed E-state index contributed by atoms with van der Waals surface area (Å²) in [5, 5.41) is 2.97. The standard InChI is InChI=1S/C15H24N2OS/c1-4-5-6-14(16)15(18)17-11(2)12-7-9-13(19-3)10-8-12/h7-11,14H,4-6,16H2,1-3H3,(H,17,18)/t11?,14-/m0/s1. The van der Waals surface area contributed by atoms with E-state index in [0.717, 1.165) is 24.8 Å². The molecule has 3 nitrogen and oxygen atoms in total. The minimum Gasteiger partial charge on any atom is -0.348 e. The summed E-state index contributed by atoms with van der Waals surface area (Å²) in [5.74, 6) is -0.0603. The van der Waals surface area contributed by atoms with Gasteiger partial charge in [-0.15, -0.1) is 11.8 Å². The van der Waals surface area contributed by atoms with E-state index < -0.39 is 6.04 Å². The maximum Gasteiger partial charge on any atom is 0.237 e. The molecular formula is C15H24N2OS. The number of thioether (sulfide) groups is 1. The van der Waals surface area contributed by atoms with Crippen molar-refractivity contribution in [2.24, 2.45) is 5.73 Å². The Morgan fingerprint density at radius 1 is 1.37 bits per heavy atom. The third-order valence-electron chi connectivity index (χ3n) is 3.18. The molecule has 0 aliphatic heterocycles. The Bertz CT molecular complexity index is 392. The molecular weight excluding hydrogens is 256 g/mol. The smallest absolute Gasteiger partial charge is 0.237 e. The fourth-order valence-electron chi connectivity index (χ4n) is 1.85. The highest BCUT2D eigenvalue weighted by atomic mass is 32.2. The zero-order valence-corrected chi connectivity index (χ0v) is 12.8. The van der Waals surface area contributed by atoms with Crippen LogP contribution in [0.3, 0.4) is 0 Å². The molecule has 0 radical (unpaired) electrons. The van der Waals surface area contributed by atoms with Crippen molar-refractivity contribution in [3.63, 3.8) is 0 Å². The number of nitrogens with two attached hydrogens (primary N) is 1. The van der Waals surface area contributed by atoms with Crippen molar-refractivity contribution in [2.45, 2.75) is 50.1 Å². The largest absolute Gasteiger partial charge is 0.348 e. The minimum atomic E-state index is -0.395. The summed E-state index contributed by atoms with van der Waals surface area (Å²) in [6, 6.07) is 7.84. The van der Waals surface area contributed by atoms with Crippen LogP contribution in [-0.2, 0) is 4.79 Å². The first-order valence-electron chi connectivity index (χ1n) is 6.78. The van der Waals surface area contributed by atoms with E-state index in [0.29, 0.717) is 0 Å². The maximum atomic E-state index is 11.9. The van der Waals surface area contributed by atoms with Crippen molar-refractivity contribution < 1.29 is 4.79 Å². The van der Waals surface area contributed by atoms with Crippen LogP contribution in [0.15, 0.2) is 29.2 Å². The van der Waals surface area contributed by atoms with Crippen LogP contribution < -0.4 is 11.1 Å². The predicted octanol–water partition coefficient (Wildman–Crippen LogP) is 3.10. The molecule has 1 amide bonds. The maximum absolute atomic E-state index is 11.9. The number of amides is 1. The first kappa shape index (κ1) is 16.1. The van der Waals surface area contributed by atoms with Gasteiger partial charge in [0.2, 0.25) is 5.91 Å². The molecule has 4 heteroatoms. The van der Waals surface area contributed by atoms with Crippen LogP contribution in [0.25, 0.3) is 0 Å². The number of nitrogens with one attached hydrogen (secondary N) is 1. The number of unbranched alkanes of at least 4 members (excludes halogenated alkanes) is 1. The quantitative estimate of drug-likeness (QED) is 0.755. The van der Waals surface area contributed by atoms with Crippen molar-refractivity contribution in [1.29, 1.82) is 0 Å². The molecule has 2 atom stereocenters. The lowest BCUT2D eigenvalue weighted by Gasteiger charge is -2.18. The van der Waals surface area contributed by atoms with Crippen molar-refractivity contribution in [3.8, 4) is 0 Å². The molecule has 0 aliphatic rings. The average Bonchev–Trinajstić information content (AvgIpc) is 2.44. The van der Waals surface area contributed by atoms with Crippen LogP contribution in [0.5, 0.6) is 0 Å². The lowest BCUT2D eigenvalue weighted by Crippen LogP contribution is -2.41. The first-order valence-corrected chi connectivity index (χ1v) is 8.00. The summed E-state index contributed by atoms with van der Waals surface area (Å²) in [5.41, 5.74) is 6.97. The number of benzene rings is 1. The molecule has 0 aliphatic carbocycles. The fraction of sp³-hybridized carbons (Fsp3) is 0.533. The van der Waals surface area contributed by atoms with Gasteiger partial charge < -0.3 is 11.1 Å². The molecule has 1 aromatic carbocycles. The lowest BCUT2D eigenvalue weighted by molar-refractivity contribution is -0.123. The zero-order chi connectivity index (χ0) is 14.3. The van der Waals surface area contributed by atoms with Crippen molar-refractivity contribution in [2.75, 3.05) is 6.26 Å². The third-order valence-corrected chi connectivity index (χ3v) is 3.92. The Hall–Kier alpha value is -1.00. The van der Waals surface area contributed by atoms with Crippen LogP contribution in [0.1, 0.15) is 44.7 Å². The van der Waals surface area contributed by atoms with Gasteiger partial charge in [0.05, 0.1) is 12.1 Å². The van der Waals surface area contributed by atoms with Gasteiger partial charge in [0, 0.05) is 4.90 Å². The summed E-state index contributed by atoms with van der Waals surface area (Å²) in [7, 11) is 0. The van der Waals surface area contributed by atoms with Gasteiger partial charge in [-0.05, 0) is 37.3 Å². The van der Waals surface area contributed by atoms with E-state index in [-0.39, 0.29) is 11.9 Å². The molecule has 0 spiro atoms. The van der Waals surface area contributed by atoms with E-state index in [1.165, 1.54) is 4.90 Å². The molecule has 106 valence electrons. The summed E-state index contributed by atoms with van der Waals surface area (Å²) >= 11 is 1.71. The highest BCUT2D eigenvalue weighted by Gasteiger charge is 2.15. The molecule has 0 saturated heterocycles. The van der Waals surface area contributed by atoms with Gasteiger partial charge in [-0.3, -0.25) is 4.79 Å². The van der Waals surface area contributed by atoms with Gasteiger partial charge in [-0.1, -0.05) is 31.9 Å². The Balaban J connectivity index is 2.53. The van der Waals surface area contributed by atoms with Crippen molar-refractivity contribution in [3.05, 3.63) is 29.8 Å². The van der Waals surface area contributed by atoms with Gasteiger partial charge in [0.1, 0.15) is 0 Å². The molecule has 0 aromatic heterocycles. The first-order chi connectivity index (χ1) is 9.08. The number of carbonyl (C=O) groups excluding carboxylic acids is 1. The van der Waals surface area contributed by atoms with Gasteiger partial charge >= 0.3 is 0 Å². The Labute approximate surface area is 120 Å². The second kappa shape index (κ2) is 8.23. The van der Waals surface area contributed by atoms with E-state index in [1.807, 2.05) is 25.3 Å². The normalized spacial score (nSPS) is 13.9. The van der Waals surface area contributed by atoms with Crippen LogP contribution in [0, 0.1) is 0 Å². The Kier molecular flexibility index (Phi) is 6.95. The van der Waals surface area contributed by atoms with Gasteiger partial charge in [-0.25, -0.2) is 0 Å². The van der Waals surface area contributed by atoms with Crippen molar-refractivity contribution in [1.82, 2.24) is 5.32 Å². The molecule has 0 heterocycles. The highest BCUT2D eigenvalue weighted by Crippen LogP contribution is 2.19. The fourth-order valence-corrected chi connectivity index (χ4v) is 2.26. The number of hydrogen-bond acceptors (Lipinski definition) is 3. The van der Waals surface area contributed by atoms with Gasteiger partial charge in [-0.2, -0.15) is 0 Å². The minimum absolute atomic E-state index is 0.00363. The number of carbonyl (C=O) groups is 1. The van der Waals surface area contributed by atoms with E-state index in [9.17, 15) is 4.79 Å². The van der Waals surface area contributed by atoms with Gasteiger partial charge in [0.25, 0.3) is 0 Å².